The van der Waals surface area contributed by atoms with Crippen molar-refractivity contribution in [3.8, 4) is 0 Å². The highest BCUT2D eigenvalue weighted by molar-refractivity contribution is 4.87. The van der Waals surface area contributed by atoms with Gasteiger partial charge in [0.05, 0.1) is 6.10 Å². The molecule has 1 unspecified atom stereocenters. The fraction of sp³-hybridized carbons (Fsp3) is 0.818. The molecule has 0 amide bonds. The number of rotatable bonds is 6. The molecule has 1 aromatic rings. The second kappa shape index (κ2) is 5.85. The van der Waals surface area contributed by atoms with Crippen molar-refractivity contribution in [2.24, 2.45) is 5.92 Å². The maximum atomic E-state index is 9.80. The van der Waals surface area contributed by atoms with Crippen molar-refractivity contribution >= 4 is 0 Å². The molecular formula is C11H21N3O. The Balaban J connectivity index is 2.51. The first-order chi connectivity index (χ1) is 7.13. The summed E-state index contributed by atoms with van der Waals surface area (Å²) in [6.07, 6.45) is 3.73. The van der Waals surface area contributed by atoms with Crippen LogP contribution in [-0.2, 0) is 13.0 Å². The van der Waals surface area contributed by atoms with Gasteiger partial charge in [0.15, 0.2) is 0 Å². The Bertz CT molecular complexity index is 283. The molecule has 1 aromatic heterocycles. The smallest absolute Gasteiger partial charge is 0.138 e. The van der Waals surface area contributed by atoms with Crippen molar-refractivity contribution in [2.45, 2.75) is 52.7 Å². The topological polar surface area (TPSA) is 50.9 Å². The maximum Gasteiger partial charge on any atom is 0.138 e. The summed E-state index contributed by atoms with van der Waals surface area (Å²) in [7, 11) is 0. The van der Waals surface area contributed by atoms with E-state index < -0.39 is 0 Å². The fourth-order valence-corrected chi connectivity index (χ4v) is 1.68. The second-order valence-electron chi connectivity index (χ2n) is 4.39. The van der Waals surface area contributed by atoms with Gasteiger partial charge in [-0.1, -0.05) is 20.8 Å². The van der Waals surface area contributed by atoms with Gasteiger partial charge in [-0.2, -0.15) is 5.10 Å². The van der Waals surface area contributed by atoms with Crippen molar-refractivity contribution in [3.05, 3.63) is 12.2 Å². The van der Waals surface area contributed by atoms with Crippen LogP contribution in [0.15, 0.2) is 6.33 Å². The van der Waals surface area contributed by atoms with Crippen LogP contribution in [0.4, 0.5) is 0 Å². The van der Waals surface area contributed by atoms with Crippen LogP contribution in [0, 0.1) is 5.92 Å². The molecule has 0 aliphatic carbocycles. The molecule has 86 valence electrons. The molecule has 0 spiro atoms. The quantitative estimate of drug-likeness (QED) is 0.778. The largest absolute Gasteiger partial charge is 0.393 e. The third-order valence-electron chi connectivity index (χ3n) is 2.29. The van der Waals surface area contributed by atoms with Gasteiger partial charge in [0.25, 0.3) is 0 Å². The molecule has 0 bridgehead atoms. The van der Waals surface area contributed by atoms with E-state index in [2.05, 4.69) is 30.9 Å². The Morgan fingerprint density at radius 3 is 2.80 bits per heavy atom. The van der Waals surface area contributed by atoms with E-state index >= 15 is 0 Å². The van der Waals surface area contributed by atoms with Gasteiger partial charge in [0.2, 0.25) is 0 Å². The molecule has 1 heterocycles. The van der Waals surface area contributed by atoms with Gasteiger partial charge in [0.1, 0.15) is 12.2 Å². The molecule has 4 nitrogen and oxygen atoms in total. The number of aryl methyl sites for hydroxylation is 1. The van der Waals surface area contributed by atoms with Crippen LogP contribution in [0.1, 0.15) is 39.4 Å². The molecule has 0 aromatic carbocycles. The van der Waals surface area contributed by atoms with Gasteiger partial charge in [0, 0.05) is 13.0 Å². The first-order valence-electron chi connectivity index (χ1n) is 5.68. The molecular weight excluding hydrogens is 190 g/mol. The molecule has 0 saturated heterocycles. The lowest BCUT2D eigenvalue weighted by Gasteiger charge is -2.12. The van der Waals surface area contributed by atoms with Crippen molar-refractivity contribution in [3.63, 3.8) is 0 Å². The highest BCUT2D eigenvalue weighted by atomic mass is 16.3. The lowest BCUT2D eigenvalue weighted by atomic mass is 10.0. The molecule has 1 rings (SSSR count). The maximum absolute atomic E-state index is 9.80. The van der Waals surface area contributed by atoms with Crippen LogP contribution in [0.5, 0.6) is 0 Å². The number of aliphatic hydroxyl groups is 1. The minimum atomic E-state index is -0.301. The lowest BCUT2D eigenvalue weighted by Crippen LogP contribution is -2.17. The Hall–Kier alpha value is -0.900. The standard InChI is InChI=1S/C11H21N3O/c1-4-5-14-11(12-8-13-14)7-10(15)6-9(2)3/h8-10,15H,4-7H2,1-3H3. The SMILES string of the molecule is CCCn1ncnc1CC(O)CC(C)C. The number of nitrogens with zero attached hydrogens (tertiary/aromatic N) is 3. The number of hydrogen-bond acceptors (Lipinski definition) is 3. The molecule has 1 N–H and O–H groups in total. The fourth-order valence-electron chi connectivity index (χ4n) is 1.68. The average Bonchev–Trinajstić information content (AvgIpc) is 2.52. The minimum absolute atomic E-state index is 0.301. The van der Waals surface area contributed by atoms with E-state index in [9.17, 15) is 5.11 Å². The third kappa shape index (κ3) is 4.00. The van der Waals surface area contributed by atoms with Gasteiger partial charge >= 0.3 is 0 Å². The first-order valence-corrected chi connectivity index (χ1v) is 5.68. The number of aromatic nitrogens is 3. The van der Waals surface area contributed by atoms with E-state index in [0.717, 1.165) is 25.2 Å². The molecule has 15 heavy (non-hydrogen) atoms. The zero-order chi connectivity index (χ0) is 11.3. The normalized spacial score (nSPS) is 13.4. The predicted octanol–water partition coefficient (Wildman–Crippen LogP) is 1.64. The lowest BCUT2D eigenvalue weighted by molar-refractivity contribution is 0.145. The van der Waals surface area contributed by atoms with Gasteiger partial charge in [-0.05, 0) is 18.8 Å². The van der Waals surface area contributed by atoms with Crippen LogP contribution in [0.2, 0.25) is 0 Å². The van der Waals surface area contributed by atoms with Crippen LogP contribution in [0.25, 0.3) is 0 Å². The number of hydrogen-bond donors (Lipinski definition) is 1. The van der Waals surface area contributed by atoms with Crippen molar-refractivity contribution in [1.29, 1.82) is 0 Å². The second-order valence-corrected chi connectivity index (χ2v) is 4.39. The van der Waals surface area contributed by atoms with Crippen LogP contribution in [-0.4, -0.2) is 26.0 Å². The Labute approximate surface area is 91.3 Å². The Kier molecular flexibility index (Phi) is 4.75. The van der Waals surface area contributed by atoms with E-state index in [1.807, 2.05) is 4.68 Å². The van der Waals surface area contributed by atoms with Gasteiger partial charge in [-0.25, -0.2) is 4.98 Å². The summed E-state index contributed by atoms with van der Waals surface area (Å²) >= 11 is 0. The summed E-state index contributed by atoms with van der Waals surface area (Å²) in [6, 6.07) is 0. The summed E-state index contributed by atoms with van der Waals surface area (Å²) in [4.78, 5) is 4.17. The molecule has 0 aliphatic heterocycles. The predicted molar refractivity (Wildman–Crippen MR) is 59.5 cm³/mol. The summed E-state index contributed by atoms with van der Waals surface area (Å²) in [6.45, 7) is 7.21. The summed E-state index contributed by atoms with van der Waals surface area (Å²) in [5, 5.41) is 13.9. The zero-order valence-corrected chi connectivity index (χ0v) is 9.85. The van der Waals surface area contributed by atoms with Gasteiger partial charge in [-0.3, -0.25) is 4.68 Å². The Morgan fingerprint density at radius 1 is 1.47 bits per heavy atom. The monoisotopic (exact) mass is 211 g/mol. The molecule has 4 heteroatoms. The van der Waals surface area contributed by atoms with Gasteiger partial charge in [-0.15, -0.1) is 0 Å². The van der Waals surface area contributed by atoms with E-state index in [4.69, 9.17) is 0 Å². The summed E-state index contributed by atoms with van der Waals surface area (Å²) in [5.74, 6) is 1.41. The zero-order valence-electron chi connectivity index (χ0n) is 9.85. The molecule has 0 saturated carbocycles. The summed E-state index contributed by atoms with van der Waals surface area (Å²) in [5.41, 5.74) is 0. The summed E-state index contributed by atoms with van der Waals surface area (Å²) < 4.78 is 1.88. The minimum Gasteiger partial charge on any atom is -0.393 e. The van der Waals surface area contributed by atoms with E-state index in [-0.39, 0.29) is 6.10 Å². The van der Waals surface area contributed by atoms with Crippen molar-refractivity contribution in [1.82, 2.24) is 14.8 Å². The van der Waals surface area contributed by atoms with Crippen LogP contribution >= 0.6 is 0 Å². The van der Waals surface area contributed by atoms with Gasteiger partial charge < -0.3 is 5.11 Å². The molecule has 1 atom stereocenters. The Morgan fingerprint density at radius 2 is 2.20 bits per heavy atom. The van der Waals surface area contributed by atoms with Crippen LogP contribution in [0.3, 0.4) is 0 Å². The van der Waals surface area contributed by atoms with Crippen molar-refractivity contribution < 1.29 is 5.11 Å². The highest BCUT2D eigenvalue weighted by Crippen LogP contribution is 2.09. The van der Waals surface area contributed by atoms with E-state index in [0.29, 0.717) is 12.3 Å². The average molecular weight is 211 g/mol. The highest BCUT2D eigenvalue weighted by Gasteiger charge is 2.12. The molecule has 0 fully saturated rings. The molecule has 0 radical (unpaired) electrons. The van der Waals surface area contributed by atoms with Crippen LogP contribution < -0.4 is 0 Å². The van der Waals surface area contributed by atoms with E-state index in [1.165, 1.54) is 0 Å². The molecule has 0 aliphatic rings. The third-order valence-corrected chi connectivity index (χ3v) is 2.29. The number of aliphatic hydroxyl groups excluding tert-OH is 1. The van der Waals surface area contributed by atoms with Crippen molar-refractivity contribution in [2.75, 3.05) is 0 Å². The van der Waals surface area contributed by atoms with E-state index in [1.54, 1.807) is 6.33 Å². The first kappa shape index (κ1) is 12.2.